The molecular formula is C14H20Cl2N2O. The Bertz CT molecular complexity index is 432. The molecule has 2 rings (SSSR count). The number of hydrogen-bond acceptors (Lipinski definition) is 3. The van der Waals surface area contributed by atoms with Gasteiger partial charge in [-0.05, 0) is 32.1 Å². The van der Waals surface area contributed by atoms with Crippen molar-refractivity contribution in [2.75, 3.05) is 7.11 Å². The number of ether oxygens (including phenoxy) is 1. The van der Waals surface area contributed by atoms with Gasteiger partial charge in [0, 0.05) is 12.7 Å². The molecule has 5 heteroatoms. The van der Waals surface area contributed by atoms with Crippen molar-refractivity contribution in [3.05, 3.63) is 21.7 Å². The van der Waals surface area contributed by atoms with Crippen molar-refractivity contribution in [2.24, 2.45) is 0 Å². The largest absolute Gasteiger partial charge is 0.371 e. The number of halogens is 2. The molecular weight excluding hydrogens is 283 g/mol. The van der Waals surface area contributed by atoms with Crippen LogP contribution in [0, 0.1) is 0 Å². The summed E-state index contributed by atoms with van der Waals surface area (Å²) in [4.78, 5) is 8.87. The molecule has 0 radical (unpaired) electrons. The van der Waals surface area contributed by atoms with Crippen LogP contribution in [0.1, 0.15) is 63.3 Å². The molecule has 19 heavy (non-hydrogen) atoms. The predicted octanol–water partition coefficient (Wildman–Crippen LogP) is 4.71. The highest BCUT2D eigenvalue weighted by atomic mass is 35.5. The molecule has 1 aliphatic carbocycles. The van der Waals surface area contributed by atoms with Gasteiger partial charge in [-0.2, -0.15) is 0 Å². The van der Waals surface area contributed by atoms with E-state index in [4.69, 9.17) is 27.9 Å². The van der Waals surface area contributed by atoms with Gasteiger partial charge >= 0.3 is 0 Å². The monoisotopic (exact) mass is 302 g/mol. The number of nitrogens with zero attached hydrogens (tertiary/aromatic N) is 2. The molecule has 0 N–H and O–H groups in total. The van der Waals surface area contributed by atoms with E-state index < -0.39 is 5.60 Å². The molecule has 0 bridgehead atoms. The number of hydrogen-bond donors (Lipinski definition) is 0. The zero-order valence-corrected chi connectivity index (χ0v) is 13.2. The average Bonchev–Trinajstić information content (AvgIpc) is 2.90. The van der Waals surface area contributed by atoms with Crippen molar-refractivity contribution in [1.82, 2.24) is 9.97 Å². The van der Waals surface area contributed by atoms with E-state index in [-0.39, 0.29) is 0 Å². The molecule has 1 fully saturated rings. The summed E-state index contributed by atoms with van der Waals surface area (Å²) >= 11 is 12.7. The predicted molar refractivity (Wildman–Crippen MR) is 77.9 cm³/mol. The Morgan fingerprint density at radius 1 is 1.21 bits per heavy atom. The minimum absolute atomic E-state index is 0.407. The van der Waals surface area contributed by atoms with Gasteiger partial charge in [0.05, 0.1) is 0 Å². The summed E-state index contributed by atoms with van der Waals surface area (Å²) in [5.74, 6) is 0.971. The topological polar surface area (TPSA) is 35.0 Å². The van der Waals surface area contributed by atoms with Crippen LogP contribution >= 0.6 is 23.2 Å². The fourth-order valence-electron chi connectivity index (χ4n) is 2.60. The van der Waals surface area contributed by atoms with Gasteiger partial charge in [0.1, 0.15) is 15.9 Å². The van der Waals surface area contributed by atoms with Crippen molar-refractivity contribution < 1.29 is 4.74 Å². The third-order valence-corrected chi connectivity index (χ3v) is 4.79. The van der Waals surface area contributed by atoms with Gasteiger partial charge < -0.3 is 4.74 Å². The van der Waals surface area contributed by atoms with Gasteiger partial charge in [0.2, 0.25) is 0 Å². The lowest BCUT2D eigenvalue weighted by Crippen LogP contribution is -2.27. The van der Waals surface area contributed by atoms with E-state index in [0.717, 1.165) is 24.8 Å². The zero-order valence-electron chi connectivity index (χ0n) is 11.7. The molecule has 0 amide bonds. The molecule has 0 aromatic carbocycles. The van der Waals surface area contributed by atoms with Crippen LogP contribution < -0.4 is 0 Å². The highest BCUT2D eigenvalue weighted by Crippen LogP contribution is 2.41. The molecule has 1 saturated carbocycles. The van der Waals surface area contributed by atoms with E-state index in [2.05, 4.69) is 9.97 Å². The summed E-state index contributed by atoms with van der Waals surface area (Å²) in [5, 5.41) is 0.970. The van der Waals surface area contributed by atoms with Crippen molar-refractivity contribution in [3.8, 4) is 0 Å². The standard InChI is InChI=1S/C14H20Cl2N2O/c1-4-14(2,19-3)13-17-11(15)10(12(16)18-13)9-7-5-6-8-9/h9H,4-8H2,1-3H3. The molecule has 0 saturated heterocycles. The lowest BCUT2D eigenvalue weighted by atomic mass is 9.99. The maximum atomic E-state index is 6.34. The molecule has 1 aromatic rings. The van der Waals surface area contributed by atoms with E-state index in [1.807, 2.05) is 13.8 Å². The highest BCUT2D eigenvalue weighted by Gasteiger charge is 2.31. The minimum atomic E-state index is -0.540. The summed E-state index contributed by atoms with van der Waals surface area (Å²) < 4.78 is 5.51. The molecule has 106 valence electrons. The van der Waals surface area contributed by atoms with Crippen LogP contribution in [0.3, 0.4) is 0 Å². The highest BCUT2D eigenvalue weighted by molar-refractivity contribution is 6.34. The number of aromatic nitrogens is 2. The Morgan fingerprint density at radius 2 is 1.74 bits per heavy atom. The summed E-state index contributed by atoms with van der Waals surface area (Å²) in [5.41, 5.74) is 0.376. The lowest BCUT2D eigenvalue weighted by Gasteiger charge is -2.26. The first-order valence-electron chi connectivity index (χ1n) is 6.80. The van der Waals surface area contributed by atoms with Crippen LogP contribution in [-0.2, 0) is 10.3 Å². The van der Waals surface area contributed by atoms with Crippen LogP contribution in [0.15, 0.2) is 0 Å². The van der Waals surface area contributed by atoms with Crippen molar-refractivity contribution in [3.63, 3.8) is 0 Å². The lowest BCUT2D eigenvalue weighted by molar-refractivity contribution is -0.00901. The maximum absolute atomic E-state index is 6.34. The first-order valence-corrected chi connectivity index (χ1v) is 7.56. The van der Waals surface area contributed by atoms with Crippen molar-refractivity contribution >= 4 is 23.2 Å². The van der Waals surface area contributed by atoms with Crippen LogP contribution in [0.5, 0.6) is 0 Å². The van der Waals surface area contributed by atoms with E-state index in [0.29, 0.717) is 22.0 Å². The molecule has 1 unspecified atom stereocenters. The SMILES string of the molecule is CCC(C)(OC)c1nc(Cl)c(C2CCCC2)c(Cl)n1. The van der Waals surface area contributed by atoms with E-state index in [9.17, 15) is 0 Å². The summed E-state index contributed by atoms with van der Waals surface area (Å²) in [6.45, 7) is 3.98. The molecule has 0 aliphatic heterocycles. The van der Waals surface area contributed by atoms with E-state index >= 15 is 0 Å². The van der Waals surface area contributed by atoms with E-state index in [1.165, 1.54) is 12.8 Å². The van der Waals surface area contributed by atoms with E-state index in [1.54, 1.807) is 7.11 Å². The second-order valence-electron chi connectivity index (χ2n) is 5.31. The third-order valence-electron chi connectivity index (χ3n) is 4.21. The van der Waals surface area contributed by atoms with Crippen LogP contribution in [-0.4, -0.2) is 17.1 Å². The first-order chi connectivity index (χ1) is 9.01. The van der Waals surface area contributed by atoms with Crippen molar-refractivity contribution in [2.45, 2.75) is 57.5 Å². The molecule has 1 heterocycles. The zero-order chi connectivity index (χ0) is 14.0. The van der Waals surface area contributed by atoms with Crippen molar-refractivity contribution in [1.29, 1.82) is 0 Å². The van der Waals surface area contributed by atoms with Gasteiger partial charge in [0.15, 0.2) is 5.82 Å². The van der Waals surface area contributed by atoms with Gasteiger partial charge in [0.25, 0.3) is 0 Å². The summed E-state index contributed by atoms with van der Waals surface area (Å²) in [6.07, 6.45) is 5.46. The van der Waals surface area contributed by atoms with Crippen LogP contribution in [0.2, 0.25) is 10.3 Å². The molecule has 0 spiro atoms. The Balaban J connectivity index is 2.41. The normalized spacial score (nSPS) is 19.6. The molecule has 1 aliphatic rings. The Labute approximate surface area is 124 Å². The number of rotatable bonds is 4. The molecule has 3 nitrogen and oxygen atoms in total. The van der Waals surface area contributed by atoms with Crippen LogP contribution in [0.4, 0.5) is 0 Å². The average molecular weight is 303 g/mol. The quantitative estimate of drug-likeness (QED) is 0.755. The maximum Gasteiger partial charge on any atom is 0.163 e. The molecule has 1 atom stereocenters. The summed E-state index contributed by atoms with van der Waals surface area (Å²) in [7, 11) is 1.65. The van der Waals surface area contributed by atoms with Gasteiger partial charge in [-0.25, -0.2) is 9.97 Å². The number of methoxy groups -OCH3 is 1. The third kappa shape index (κ3) is 2.88. The fourth-order valence-corrected chi connectivity index (χ4v) is 3.29. The Hall–Kier alpha value is -0.380. The second-order valence-corrected chi connectivity index (χ2v) is 6.03. The smallest absolute Gasteiger partial charge is 0.163 e. The second kappa shape index (κ2) is 5.94. The van der Waals surface area contributed by atoms with Crippen LogP contribution in [0.25, 0.3) is 0 Å². The summed E-state index contributed by atoms with van der Waals surface area (Å²) in [6, 6.07) is 0. The fraction of sp³-hybridized carbons (Fsp3) is 0.714. The van der Waals surface area contributed by atoms with Gasteiger partial charge in [-0.1, -0.05) is 43.0 Å². The molecule has 1 aromatic heterocycles. The first kappa shape index (κ1) is 15.0. The van der Waals surface area contributed by atoms with Gasteiger partial charge in [-0.15, -0.1) is 0 Å². The Kier molecular flexibility index (Phi) is 4.70. The Morgan fingerprint density at radius 3 is 2.16 bits per heavy atom. The van der Waals surface area contributed by atoms with Gasteiger partial charge in [-0.3, -0.25) is 0 Å². The minimum Gasteiger partial charge on any atom is -0.371 e.